The highest BCUT2D eigenvalue weighted by molar-refractivity contribution is 5.85. The normalized spacial score (nSPS) is 11.7. The van der Waals surface area contributed by atoms with Crippen molar-refractivity contribution in [1.82, 2.24) is 4.90 Å². The zero-order valence-corrected chi connectivity index (χ0v) is 15.8. The van der Waals surface area contributed by atoms with Crippen molar-refractivity contribution in [2.45, 2.75) is 97.8 Å². The van der Waals surface area contributed by atoms with Crippen molar-refractivity contribution in [2.75, 3.05) is 13.1 Å². The molecule has 0 aliphatic rings. The standard InChI is InChI=1S/C20H39NO2/c1-4-6-8-10-12-14-16-21(18-19(3)20(22)23)17-15-13-11-9-7-5-2/h18H,4-17H2,1-3H3,(H,22,23)/b19-18+. The van der Waals surface area contributed by atoms with E-state index in [-0.39, 0.29) is 0 Å². The number of carbonyl (C=O) groups is 1. The lowest BCUT2D eigenvalue weighted by Crippen LogP contribution is -2.21. The summed E-state index contributed by atoms with van der Waals surface area (Å²) in [5, 5.41) is 9.07. The third-order valence-electron chi connectivity index (χ3n) is 4.31. The van der Waals surface area contributed by atoms with Crippen molar-refractivity contribution in [3.05, 3.63) is 11.8 Å². The largest absolute Gasteiger partial charge is 0.478 e. The minimum absolute atomic E-state index is 0.446. The second-order valence-corrected chi connectivity index (χ2v) is 6.69. The maximum absolute atomic E-state index is 11.0. The molecule has 3 nitrogen and oxygen atoms in total. The van der Waals surface area contributed by atoms with Gasteiger partial charge >= 0.3 is 5.97 Å². The molecule has 0 rings (SSSR count). The molecule has 0 aliphatic heterocycles. The van der Waals surface area contributed by atoms with Crippen LogP contribution in [0.25, 0.3) is 0 Å². The van der Waals surface area contributed by atoms with E-state index in [9.17, 15) is 4.79 Å². The van der Waals surface area contributed by atoms with Gasteiger partial charge in [-0.25, -0.2) is 4.79 Å². The van der Waals surface area contributed by atoms with Gasteiger partial charge in [-0.2, -0.15) is 0 Å². The number of aliphatic carboxylic acids is 1. The van der Waals surface area contributed by atoms with Crippen LogP contribution in [0.2, 0.25) is 0 Å². The fraction of sp³-hybridized carbons (Fsp3) is 0.850. The SMILES string of the molecule is CCCCCCCCN(/C=C(\C)C(=O)O)CCCCCCCC. The number of hydrogen-bond donors (Lipinski definition) is 1. The highest BCUT2D eigenvalue weighted by atomic mass is 16.4. The lowest BCUT2D eigenvalue weighted by molar-refractivity contribution is -0.132. The molecule has 0 amide bonds. The van der Waals surface area contributed by atoms with Crippen LogP contribution in [0.3, 0.4) is 0 Å². The van der Waals surface area contributed by atoms with Gasteiger partial charge in [-0.05, 0) is 19.8 Å². The Bertz CT molecular complexity index is 297. The van der Waals surface area contributed by atoms with Crippen molar-refractivity contribution >= 4 is 5.97 Å². The van der Waals surface area contributed by atoms with E-state index in [0.717, 1.165) is 13.1 Å². The average Bonchev–Trinajstić information content (AvgIpc) is 2.53. The van der Waals surface area contributed by atoms with E-state index in [1.165, 1.54) is 77.0 Å². The van der Waals surface area contributed by atoms with Gasteiger partial charge in [-0.1, -0.05) is 78.1 Å². The van der Waals surface area contributed by atoms with Gasteiger partial charge in [0, 0.05) is 24.9 Å². The molecular weight excluding hydrogens is 286 g/mol. The topological polar surface area (TPSA) is 40.5 Å². The quantitative estimate of drug-likeness (QED) is 0.279. The first-order chi connectivity index (χ1) is 11.1. The lowest BCUT2D eigenvalue weighted by Gasteiger charge is -2.21. The molecule has 0 fully saturated rings. The maximum Gasteiger partial charge on any atom is 0.332 e. The smallest absolute Gasteiger partial charge is 0.332 e. The monoisotopic (exact) mass is 325 g/mol. The van der Waals surface area contributed by atoms with Gasteiger partial charge < -0.3 is 10.0 Å². The second kappa shape index (κ2) is 15.9. The van der Waals surface area contributed by atoms with Crippen LogP contribution in [0.15, 0.2) is 11.8 Å². The highest BCUT2D eigenvalue weighted by Crippen LogP contribution is 2.10. The molecule has 0 aromatic carbocycles. The van der Waals surface area contributed by atoms with Gasteiger partial charge in [-0.3, -0.25) is 0 Å². The van der Waals surface area contributed by atoms with Crippen LogP contribution < -0.4 is 0 Å². The zero-order chi connectivity index (χ0) is 17.3. The highest BCUT2D eigenvalue weighted by Gasteiger charge is 2.05. The molecule has 0 unspecified atom stereocenters. The van der Waals surface area contributed by atoms with E-state index in [2.05, 4.69) is 18.7 Å². The van der Waals surface area contributed by atoms with Gasteiger partial charge in [0.15, 0.2) is 0 Å². The predicted molar refractivity (Wildman–Crippen MR) is 99.7 cm³/mol. The van der Waals surface area contributed by atoms with Gasteiger partial charge in [0.2, 0.25) is 0 Å². The van der Waals surface area contributed by atoms with Crippen LogP contribution in [0.1, 0.15) is 97.8 Å². The Morgan fingerprint density at radius 3 is 1.57 bits per heavy atom. The van der Waals surface area contributed by atoms with E-state index >= 15 is 0 Å². The van der Waals surface area contributed by atoms with Crippen molar-refractivity contribution in [3.8, 4) is 0 Å². The van der Waals surface area contributed by atoms with Gasteiger partial charge in [0.25, 0.3) is 0 Å². The maximum atomic E-state index is 11.0. The molecule has 0 heterocycles. The summed E-state index contributed by atoms with van der Waals surface area (Å²) >= 11 is 0. The summed E-state index contributed by atoms with van der Waals surface area (Å²) in [4.78, 5) is 13.3. The van der Waals surface area contributed by atoms with E-state index in [4.69, 9.17) is 5.11 Å². The number of nitrogens with zero attached hydrogens (tertiary/aromatic N) is 1. The summed E-state index contributed by atoms with van der Waals surface area (Å²) in [6.07, 6.45) is 17.2. The van der Waals surface area contributed by atoms with E-state index in [0.29, 0.717) is 5.57 Å². The molecule has 0 radical (unpaired) electrons. The number of hydrogen-bond acceptors (Lipinski definition) is 2. The molecule has 23 heavy (non-hydrogen) atoms. The zero-order valence-electron chi connectivity index (χ0n) is 15.8. The first-order valence-electron chi connectivity index (χ1n) is 9.77. The summed E-state index contributed by atoms with van der Waals surface area (Å²) < 4.78 is 0. The van der Waals surface area contributed by atoms with Gasteiger partial charge in [0.1, 0.15) is 0 Å². The Kier molecular flexibility index (Phi) is 15.2. The number of carboxylic acid groups (broad SMARTS) is 1. The molecule has 3 heteroatoms. The minimum Gasteiger partial charge on any atom is -0.478 e. The Balaban J connectivity index is 4.04. The average molecular weight is 326 g/mol. The first-order valence-corrected chi connectivity index (χ1v) is 9.77. The minimum atomic E-state index is -0.805. The van der Waals surface area contributed by atoms with E-state index in [1.807, 2.05) is 6.20 Å². The summed E-state index contributed by atoms with van der Waals surface area (Å²) in [5.74, 6) is -0.805. The fourth-order valence-electron chi connectivity index (χ4n) is 2.76. The third-order valence-corrected chi connectivity index (χ3v) is 4.31. The van der Waals surface area contributed by atoms with Gasteiger partial charge in [-0.15, -0.1) is 0 Å². The van der Waals surface area contributed by atoms with Crippen LogP contribution in [-0.2, 0) is 4.79 Å². The number of rotatable bonds is 16. The predicted octanol–water partition coefficient (Wildman–Crippen LogP) is 6.00. The Labute approximate surface area is 144 Å². The summed E-state index contributed by atoms with van der Waals surface area (Å²) in [7, 11) is 0. The van der Waals surface area contributed by atoms with Crippen LogP contribution in [0.5, 0.6) is 0 Å². The molecule has 0 bridgehead atoms. The molecule has 0 aromatic heterocycles. The molecule has 0 aromatic rings. The molecule has 0 spiro atoms. The van der Waals surface area contributed by atoms with Crippen LogP contribution in [0, 0.1) is 0 Å². The van der Waals surface area contributed by atoms with Crippen LogP contribution in [-0.4, -0.2) is 29.1 Å². The molecular formula is C20H39NO2. The molecule has 0 atom stereocenters. The molecule has 1 N–H and O–H groups in total. The molecule has 136 valence electrons. The van der Waals surface area contributed by atoms with Crippen LogP contribution in [0.4, 0.5) is 0 Å². The van der Waals surface area contributed by atoms with Crippen molar-refractivity contribution < 1.29 is 9.90 Å². The Morgan fingerprint density at radius 2 is 1.17 bits per heavy atom. The fourth-order valence-corrected chi connectivity index (χ4v) is 2.76. The Hall–Kier alpha value is -0.990. The van der Waals surface area contributed by atoms with Crippen LogP contribution >= 0.6 is 0 Å². The van der Waals surface area contributed by atoms with Crippen molar-refractivity contribution in [1.29, 1.82) is 0 Å². The summed E-state index contributed by atoms with van der Waals surface area (Å²) in [6.45, 7) is 8.15. The Morgan fingerprint density at radius 1 is 0.783 bits per heavy atom. The first kappa shape index (κ1) is 22.0. The molecule has 0 saturated heterocycles. The van der Waals surface area contributed by atoms with Crippen molar-refractivity contribution in [2.24, 2.45) is 0 Å². The van der Waals surface area contributed by atoms with E-state index < -0.39 is 5.97 Å². The second-order valence-electron chi connectivity index (χ2n) is 6.69. The van der Waals surface area contributed by atoms with Crippen molar-refractivity contribution in [3.63, 3.8) is 0 Å². The summed E-state index contributed by atoms with van der Waals surface area (Å²) in [5.41, 5.74) is 0.446. The number of carboxylic acids is 1. The molecule has 0 saturated carbocycles. The molecule has 0 aliphatic carbocycles. The number of unbranched alkanes of at least 4 members (excludes halogenated alkanes) is 10. The lowest BCUT2D eigenvalue weighted by atomic mass is 10.1. The van der Waals surface area contributed by atoms with E-state index in [1.54, 1.807) is 6.92 Å². The third kappa shape index (κ3) is 14.3. The van der Waals surface area contributed by atoms with Gasteiger partial charge in [0.05, 0.1) is 0 Å². The summed E-state index contributed by atoms with van der Waals surface area (Å²) in [6, 6.07) is 0.